The molecular weight excluding hydrogens is 364 g/mol. The molecule has 4 rings (SSSR count). The molecule has 0 radical (unpaired) electrons. The lowest BCUT2D eigenvalue weighted by molar-refractivity contribution is -0.384. The van der Waals surface area contributed by atoms with Gasteiger partial charge in [0.1, 0.15) is 6.54 Å². The lowest BCUT2D eigenvalue weighted by Crippen LogP contribution is -2.37. The molecule has 128 valence electrons. The van der Waals surface area contributed by atoms with Crippen LogP contribution in [0.1, 0.15) is 10.4 Å². The zero-order valence-corrected chi connectivity index (χ0v) is 14.6. The molecular formula is C16H13ClN4O3S. The van der Waals surface area contributed by atoms with Gasteiger partial charge >= 0.3 is 0 Å². The molecule has 0 saturated heterocycles. The van der Waals surface area contributed by atoms with Crippen LogP contribution in [0.15, 0.2) is 29.8 Å². The number of rotatable bonds is 3. The Labute approximate surface area is 151 Å². The number of fused-ring (bicyclic) bond motifs is 2. The van der Waals surface area contributed by atoms with Crippen molar-refractivity contribution in [3.05, 3.63) is 55.4 Å². The monoisotopic (exact) mass is 376 g/mol. The van der Waals surface area contributed by atoms with Crippen LogP contribution in [0.2, 0.25) is 5.02 Å². The minimum atomic E-state index is -0.500. The Morgan fingerprint density at radius 1 is 1.44 bits per heavy atom. The van der Waals surface area contributed by atoms with Crippen molar-refractivity contribution in [1.82, 2.24) is 14.7 Å². The number of nitrogens with zero attached hydrogens (tertiary/aromatic N) is 4. The Kier molecular flexibility index (Phi) is 3.93. The van der Waals surface area contributed by atoms with E-state index in [1.165, 1.54) is 33.5 Å². The maximum Gasteiger partial charge on any atom is 0.271 e. The highest BCUT2D eigenvalue weighted by molar-refractivity contribution is 7.10. The maximum atomic E-state index is 12.6. The molecule has 0 aliphatic carbocycles. The molecule has 1 aliphatic rings. The Morgan fingerprint density at radius 3 is 3.08 bits per heavy atom. The van der Waals surface area contributed by atoms with Gasteiger partial charge in [-0.15, -0.1) is 11.3 Å². The molecule has 0 bridgehead atoms. The standard InChI is InChI=1S/C16H13ClN4O3S/c17-13-6-12(21(23)24)5-11-7-18-20(16(11)13)9-15(22)19-3-1-14-10(8-19)2-4-25-14/h2,4-7H,1,3,8-9H2. The van der Waals surface area contributed by atoms with Crippen LogP contribution in [0.5, 0.6) is 0 Å². The first-order chi connectivity index (χ1) is 12.0. The molecule has 1 aromatic carbocycles. The van der Waals surface area contributed by atoms with E-state index in [-0.39, 0.29) is 23.2 Å². The second-order valence-corrected chi connectivity index (χ2v) is 7.27. The summed E-state index contributed by atoms with van der Waals surface area (Å²) in [6, 6.07) is 4.75. The third-order valence-electron chi connectivity index (χ3n) is 4.33. The zero-order valence-electron chi connectivity index (χ0n) is 13.0. The molecule has 0 fully saturated rings. The molecule has 0 atom stereocenters. The number of benzene rings is 1. The largest absolute Gasteiger partial charge is 0.336 e. The van der Waals surface area contributed by atoms with Gasteiger partial charge < -0.3 is 4.90 Å². The van der Waals surface area contributed by atoms with Gasteiger partial charge in [0.25, 0.3) is 5.69 Å². The third kappa shape index (κ3) is 2.87. The highest BCUT2D eigenvalue weighted by atomic mass is 35.5. The predicted molar refractivity (Wildman–Crippen MR) is 94.8 cm³/mol. The number of carbonyl (C=O) groups is 1. The SMILES string of the molecule is O=C(Cn1ncc2cc([N+](=O)[O-])cc(Cl)c21)N1CCc2sccc2C1. The molecule has 2 aromatic heterocycles. The number of halogens is 1. The highest BCUT2D eigenvalue weighted by Crippen LogP contribution is 2.29. The number of amides is 1. The van der Waals surface area contributed by atoms with E-state index in [4.69, 9.17) is 11.6 Å². The fourth-order valence-electron chi connectivity index (χ4n) is 3.08. The molecule has 1 aliphatic heterocycles. The first-order valence-electron chi connectivity index (χ1n) is 7.65. The second-order valence-electron chi connectivity index (χ2n) is 5.86. The van der Waals surface area contributed by atoms with Gasteiger partial charge in [-0.25, -0.2) is 0 Å². The quantitative estimate of drug-likeness (QED) is 0.519. The molecule has 3 aromatic rings. The molecule has 25 heavy (non-hydrogen) atoms. The van der Waals surface area contributed by atoms with E-state index in [0.29, 0.717) is 24.0 Å². The third-order valence-corrected chi connectivity index (χ3v) is 5.64. The van der Waals surface area contributed by atoms with Crippen LogP contribution in [0.25, 0.3) is 10.9 Å². The number of hydrogen-bond donors (Lipinski definition) is 0. The Bertz CT molecular complexity index is 997. The first-order valence-corrected chi connectivity index (χ1v) is 8.91. The fourth-order valence-corrected chi connectivity index (χ4v) is 4.29. The van der Waals surface area contributed by atoms with Crippen LogP contribution in [0.3, 0.4) is 0 Å². The molecule has 1 amide bonds. The number of nitro benzene ring substituents is 1. The van der Waals surface area contributed by atoms with Crippen molar-refractivity contribution >= 4 is 45.4 Å². The average Bonchev–Trinajstić information content (AvgIpc) is 3.21. The van der Waals surface area contributed by atoms with Gasteiger partial charge in [0.2, 0.25) is 5.91 Å². The molecule has 9 heteroatoms. The number of thiophene rings is 1. The molecule has 0 N–H and O–H groups in total. The van der Waals surface area contributed by atoms with Crippen molar-refractivity contribution < 1.29 is 9.72 Å². The summed E-state index contributed by atoms with van der Waals surface area (Å²) in [5.41, 5.74) is 1.64. The fraction of sp³-hybridized carbons (Fsp3) is 0.250. The summed E-state index contributed by atoms with van der Waals surface area (Å²) in [6.45, 7) is 1.35. The van der Waals surface area contributed by atoms with Gasteiger partial charge in [0.15, 0.2) is 0 Å². The van der Waals surface area contributed by atoms with Crippen LogP contribution < -0.4 is 0 Å². The van der Waals surface area contributed by atoms with Crippen molar-refractivity contribution in [2.75, 3.05) is 6.54 Å². The summed E-state index contributed by atoms with van der Waals surface area (Å²) in [6.07, 6.45) is 2.36. The smallest absolute Gasteiger partial charge is 0.271 e. The van der Waals surface area contributed by atoms with Gasteiger partial charge in [-0.05, 0) is 23.4 Å². The van der Waals surface area contributed by atoms with Crippen molar-refractivity contribution in [2.45, 2.75) is 19.5 Å². The van der Waals surface area contributed by atoms with E-state index >= 15 is 0 Å². The van der Waals surface area contributed by atoms with Gasteiger partial charge in [0.05, 0.1) is 21.7 Å². The summed E-state index contributed by atoms with van der Waals surface area (Å²) < 4.78 is 1.51. The Balaban J connectivity index is 1.59. The van der Waals surface area contributed by atoms with Crippen molar-refractivity contribution in [3.63, 3.8) is 0 Å². The average molecular weight is 377 g/mol. The van der Waals surface area contributed by atoms with E-state index < -0.39 is 4.92 Å². The van der Waals surface area contributed by atoms with Crippen molar-refractivity contribution in [2.24, 2.45) is 0 Å². The molecule has 0 saturated carbocycles. The lowest BCUT2D eigenvalue weighted by atomic mass is 10.1. The van der Waals surface area contributed by atoms with Gasteiger partial charge in [0, 0.05) is 35.5 Å². The van der Waals surface area contributed by atoms with E-state index in [9.17, 15) is 14.9 Å². The van der Waals surface area contributed by atoms with Crippen molar-refractivity contribution in [3.8, 4) is 0 Å². The van der Waals surface area contributed by atoms with E-state index in [0.717, 1.165) is 6.42 Å². The predicted octanol–water partition coefficient (Wildman–Crippen LogP) is 3.24. The Hall–Kier alpha value is -2.45. The lowest BCUT2D eigenvalue weighted by Gasteiger charge is -2.27. The van der Waals surface area contributed by atoms with Crippen LogP contribution in [-0.2, 0) is 24.3 Å². The summed E-state index contributed by atoms with van der Waals surface area (Å²) >= 11 is 7.91. The summed E-state index contributed by atoms with van der Waals surface area (Å²) in [7, 11) is 0. The van der Waals surface area contributed by atoms with Crippen molar-refractivity contribution in [1.29, 1.82) is 0 Å². The summed E-state index contributed by atoms with van der Waals surface area (Å²) in [5, 5.41) is 17.9. The second kappa shape index (κ2) is 6.12. The molecule has 7 nitrogen and oxygen atoms in total. The molecule has 3 heterocycles. The molecule has 0 spiro atoms. The number of carbonyl (C=O) groups excluding carboxylic acids is 1. The number of nitro groups is 1. The number of hydrogen-bond acceptors (Lipinski definition) is 5. The summed E-state index contributed by atoms with van der Waals surface area (Å²) in [5.74, 6) is -0.0451. The van der Waals surface area contributed by atoms with Gasteiger partial charge in [-0.1, -0.05) is 11.6 Å². The van der Waals surface area contributed by atoms with Gasteiger partial charge in [-0.3, -0.25) is 19.6 Å². The normalized spacial score (nSPS) is 13.9. The number of aromatic nitrogens is 2. The van der Waals surface area contributed by atoms with E-state index in [2.05, 4.69) is 11.2 Å². The van der Waals surface area contributed by atoms with Crippen LogP contribution >= 0.6 is 22.9 Å². The highest BCUT2D eigenvalue weighted by Gasteiger charge is 2.23. The maximum absolute atomic E-state index is 12.6. The van der Waals surface area contributed by atoms with Crippen LogP contribution in [-0.4, -0.2) is 32.1 Å². The van der Waals surface area contributed by atoms with Gasteiger partial charge in [-0.2, -0.15) is 5.10 Å². The zero-order chi connectivity index (χ0) is 17.6. The minimum absolute atomic E-state index is 0.0451. The topological polar surface area (TPSA) is 81.3 Å². The minimum Gasteiger partial charge on any atom is -0.336 e. The molecule has 0 unspecified atom stereocenters. The Morgan fingerprint density at radius 2 is 2.28 bits per heavy atom. The van der Waals surface area contributed by atoms with E-state index in [1.54, 1.807) is 11.3 Å². The van der Waals surface area contributed by atoms with Crippen LogP contribution in [0.4, 0.5) is 5.69 Å². The van der Waals surface area contributed by atoms with Crippen LogP contribution in [0, 0.1) is 10.1 Å². The number of non-ortho nitro benzene ring substituents is 1. The van der Waals surface area contributed by atoms with E-state index in [1.807, 2.05) is 10.3 Å². The summed E-state index contributed by atoms with van der Waals surface area (Å²) in [4.78, 5) is 26.2. The first kappa shape index (κ1) is 16.0.